The summed E-state index contributed by atoms with van der Waals surface area (Å²) in [5.41, 5.74) is 0. The standard InChI is InChI=1S/C5H3BF4/c7-4-2-1-3-6(10)5(4,8)9/h1-3H. The van der Waals surface area contributed by atoms with Gasteiger partial charge in [-0.3, -0.25) is 0 Å². The van der Waals surface area contributed by atoms with Crippen molar-refractivity contribution in [1.29, 1.82) is 0 Å². The molecule has 0 aromatic carbocycles. The monoisotopic (exact) mass is 150 g/mol. The molecule has 0 saturated carbocycles. The van der Waals surface area contributed by atoms with Crippen molar-refractivity contribution in [1.82, 2.24) is 0 Å². The molecule has 1 heterocycles. The molecule has 54 valence electrons. The first kappa shape index (κ1) is 7.37. The average molecular weight is 150 g/mol. The van der Waals surface area contributed by atoms with E-state index in [9.17, 15) is 17.5 Å². The Hall–Kier alpha value is -0.735. The van der Waals surface area contributed by atoms with E-state index < -0.39 is 18.6 Å². The zero-order chi connectivity index (χ0) is 7.78. The van der Waals surface area contributed by atoms with E-state index in [-0.39, 0.29) is 0 Å². The van der Waals surface area contributed by atoms with Gasteiger partial charge < -0.3 is 4.32 Å². The fourth-order valence-corrected chi connectivity index (χ4v) is 0.601. The Morgan fingerprint density at radius 3 is 2.40 bits per heavy atom. The molecule has 0 spiro atoms. The SMILES string of the molecule is FB1C=CC=C(F)C1(F)F. The highest BCUT2D eigenvalue weighted by Crippen LogP contribution is 2.31. The van der Waals surface area contributed by atoms with Crippen molar-refractivity contribution in [3.05, 3.63) is 24.0 Å². The quantitative estimate of drug-likeness (QED) is 0.366. The van der Waals surface area contributed by atoms with Crippen LogP contribution in [0.4, 0.5) is 17.5 Å². The average Bonchev–Trinajstić information content (AvgIpc) is 1.84. The Bertz CT molecular complexity index is 196. The van der Waals surface area contributed by atoms with Crippen LogP contribution in [0.2, 0.25) is 0 Å². The summed E-state index contributed by atoms with van der Waals surface area (Å²) in [4.78, 5) is 0. The first-order valence-corrected chi connectivity index (χ1v) is 2.61. The van der Waals surface area contributed by atoms with Crippen LogP contribution in [0.15, 0.2) is 24.0 Å². The highest BCUT2D eigenvalue weighted by atomic mass is 19.3. The Kier molecular flexibility index (Phi) is 1.58. The Morgan fingerprint density at radius 2 is 2.00 bits per heavy atom. The van der Waals surface area contributed by atoms with Gasteiger partial charge >= 0.3 is 12.8 Å². The summed E-state index contributed by atoms with van der Waals surface area (Å²) in [5, 5.41) is 0. The zero-order valence-electron chi connectivity index (χ0n) is 4.82. The van der Waals surface area contributed by atoms with Crippen molar-refractivity contribution < 1.29 is 17.5 Å². The van der Waals surface area contributed by atoms with E-state index in [1.165, 1.54) is 0 Å². The van der Waals surface area contributed by atoms with Crippen LogP contribution in [0, 0.1) is 0 Å². The van der Waals surface area contributed by atoms with Crippen LogP contribution in [0.1, 0.15) is 0 Å². The molecule has 0 unspecified atom stereocenters. The molecule has 0 radical (unpaired) electrons. The molecule has 0 aliphatic carbocycles. The Labute approximate surface area is 55.3 Å². The minimum atomic E-state index is -3.96. The Morgan fingerprint density at radius 1 is 1.40 bits per heavy atom. The molecule has 0 amide bonds. The topological polar surface area (TPSA) is 0 Å². The molecule has 0 nitrogen and oxygen atoms in total. The lowest BCUT2D eigenvalue weighted by Gasteiger charge is -2.15. The van der Waals surface area contributed by atoms with Crippen molar-refractivity contribution in [2.45, 2.75) is 5.82 Å². The minimum absolute atomic E-state index is 0.552. The van der Waals surface area contributed by atoms with Crippen LogP contribution in [0.3, 0.4) is 0 Å². The van der Waals surface area contributed by atoms with E-state index in [0.717, 1.165) is 6.08 Å². The van der Waals surface area contributed by atoms with Gasteiger partial charge in [0, 0.05) is 0 Å². The van der Waals surface area contributed by atoms with Gasteiger partial charge in [-0.2, -0.15) is 0 Å². The molecule has 1 aliphatic heterocycles. The third kappa shape index (κ3) is 0.957. The van der Waals surface area contributed by atoms with Crippen LogP contribution in [-0.4, -0.2) is 12.8 Å². The second-order valence-corrected chi connectivity index (χ2v) is 1.92. The third-order valence-corrected chi connectivity index (χ3v) is 1.19. The van der Waals surface area contributed by atoms with E-state index in [0.29, 0.717) is 12.1 Å². The molecular weight excluding hydrogens is 147 g/mol. The lowest BCUT2D eigenvalue weighted by molar-refractivity contribution is 0.0928. The highest BCUT2D eigenvalue weighted by molar-refractivity contribution is 6.60. The summed E-state index contributed by atoms with van der Waals surface area (Å²) in [6.07, 6.45) is 1.48. The molecule has 5 heteroatoms. The van der Waals surface area contributed by atoms with Gasteiger partial charge in [-0.1, -0.05) is 12.1 Å². The summed E-state index contributed by atoms with van der Waals surface area (Å²) >= 11 is 0. The molecule has 0 N–H and O–H groups in total. The predicted molar refractivity (Wildman–Crippen MR) is 30.1 cm³/mol. The summed E-state index contributed by atoms with van der Waals surface area (Å²) in [6, 6.07) is 0. The number of hydrogen-bond donors (Lipinski definition) is 0. The Balaban J connectivity index is 2.93. The maximum atomic E-state index is 12.1. The fraction of sp³-hybridized carbons (Fsp3) is 0.200. The predicted octanol–water partition coefficient (Wildman–Crippen LogP) is 2.08. The van der Waals surface area contributed by atoms with Gasteiger partial charge in [0.15, 0.2) is 5.83 Å². The van der Waals surface area contributed by atoms with Gasteiger partial charge in [0.05, 0.1) is 0 Å². The lowest BCUT2D eigenvalue weighted by Crippen LogP contribution is -2.35. The highest BCUT2D eigenvalue weighted by Gasteiger charge is 2.49. The molecule has 0 saturated heterocycles. The number of hydrogen-bond acceptors (Lipinski definition) is 0. The van der Waals surface area contributed by atoms with E-state index >= 15 is 0 Å². The number of allylic oxidation sites excluding steroid dienone is 3. The summed E-state index contributed by atoms with van der Waals surface area (Å²) in [7, 11) is 0. The molecule has 1 rings (SSSR count). The summed E-state index contributed by atoms with van der Waals surface area (Å²) in [5.74, 6) is -5.07. The van der Waals surface area contributed by atoms with Gasteiger partial charge in [-0.25, -0.2) is 13.2 Å². The van der Waals surface area contributed by atoms with Gasteiger partial charge in [0.2, 0.25) is 0 Å². The van der Waals surface area contributed by atoms with Gasteiger partial charge in [0.25, 0.3) is 0 Å². The van der Waals surface area contributed by atoms with Gasteiger partial charge in [-0.05, 0) is 6.08 Å². The molecule has 10 heavy (non-hydrogen) atoms. The second-order valence-electron chi connectivity index (χ2n) is 1.92. The van der Waals surface area contributed by atoms with Crippen molar-refractivity contribution in [2.24, 2.45) is 0 Å². The van der Waals surface area contributed by atoms with E-state index in [4.69, 9.17) is 0 Å². The van der Waals surface area contributed by atoms with Crippen LogP contribution in [0.5, 0.6) is 0 Å². The summed E-state index contributed by atoms with van der Waals surface area (Å²) < 4.78 is 48.4. The smallest absolute Gasteiger partial charge is 0.321 e. The van der Waals surface area contributed by atoms with E-state index in [1.54, 1.807) is 0 Å². The van der Waals surface area contributed by atoms with Crippen molar-refractivity contribution in [2.75, 3.05) is 0 Å². The van der Waals surface area contributed by atoms with Gasteiger partial charge in [0.1, 0.15) is 0 Å². The van der Waals surface area contributed by atoms with Crippen LogP contribution < -0.4 is 0 Å². The first-order valence-electron chi connectivity index (χ1n) is 2.61. The first-order chi connectivity index (χ1) is 4.55. The lowest BCUT2D eigenvalue weighted by atomic mass is 9.62. The van der Waals surface area contributed by atoms with Gasteiger partial charge in [-0.15, -0.1) is 0 Å². The van der Waals surface area contributed by atoms with E-state index in [1.807, 2.05) is 0 Å². The van der Waals surface area contributed by atoms with Crippen molar-refractivity contribution in [3.63, 3.8) is 0 Å². The van der Waals surface area contributed by atoms with Crippen LogP contribution in [0.25, 0.3) is 0 Å². The molecule has 0 bridgehead atoms. The van der Waals surface area contributed by atoms with Crippen molar-refractivity contribution >= 4 is 6.99 Å². The normalized spacial score (nSPS) is 22.8. The van der Waals surface area contributed by atoms with E-state index in [2.05, 4.69) is 0 Å². The third-order valence-electron chi connectivity index (χ3n) is 1.19. The maximum Gasteiger partial charge on any atom is 0.459 e. The second kappa shape index (κ2) is 2.14. The molecule has 1 aliphatic rings. The maximum absolute atomic E-state index is 12.1. The number of halogens is 4. The van der Waals surface area contributed by atoms with Crippen molar-refractivity contribution in [3.8, 4) is 0 Å². The van der Waals surface area contributed by atoms with Crippen LogP contribution in [-0.2, 0) is 0 Å². The number of alkyl halides is 2. The molecule has 0 aromatic heterocycles. The largest absolute Gasteiger partial charge is 0.459 e. The fourth-order valence-electron chi connectivity index (χ4n) is 0.601. The van der Waals surface area contributed by atoms with Crippen LogP contribution >= 0.6 is 0 Å². The zero-order valence-corrected chi connectivity index (χ0v) is 4.82. The minimum Gasteiger partial charge on any atom is -0.321 e. The molecule has 0 atom stereocenters. The molecular formula is C5H3BF4. The number of rotatable bonds is 0. The summed E-state index contributed by atoms with van der Waals surface area (Å²) in [6.45, 7) is -2.53. The molecule has 0 aromatic rings. The molecule has 0 fully saturated rings.